The predicted molar refractivity (Wildman–Crippen MR) is 127 cm³/mol. The third kappa shape index (κ3) is 8.43. The van der Waals surface area contributed by atoms with Gasteiger partial charge in [0.2, 0.25) is 0 Å². The fourth-order valence-electron chi connectivity index (χ4n) is 3.35. The van der Waals surface area contributed by atoms with E-state index in [2.05, 4.69) is 27.4 Å². The topological polar surface area (TPSA) is 58.1 Å². The molecule has 1 aromatic carbocycles. The summed E-state index contributed by atoms with van der Waals surface area (Å²) in [6.45, 7) is 7.69. The highest BCUT2D eigenvalue weighted by molar-refractivity contribution is 14.0. The maximum Gasteiger partial charge on any atom is 0.191 e. The van der Waals surface area contributed by atoms with E-state index in [9.17, 15) is 0 Å². The molecule has 7 heteroatoms. The van der Waals surface area contributed by atoms with Crippen LogP contribution in [0.2, 0.25) is 0 Å². The molecule has 0 radical (unpaired) electrons. The Balaban J connectivity index is 0.00000392. The van der Waals surface area contributed by atoms with Crippen molar-refractivity contribution in [2.45, 2.75) is 39.2 Å². The smallest absolute Gasteiger partial charge is 0.191 e. The zero-order valence-corrected chi connectivity index (χ0v) is 20.1. The molecule has 0 saturated carbocycles. The van der Waals surface area contributed by atoms with Crippen LogP contribution >= 0.6 is 24.0 Å². The molecule has 0 bridgehead atoms. The molecule has 0 atom stereocenters. The number of ether oxygens (including phenoxy) is 2. The van der Waals surface area contributed by atoms with Gasteiger partial charge in [0.25, 0.3) is 0 Å². The second-order valence-electron chi connectivity index (χ2n) is 7.26. The first kappa shape index (κ1) is 24.8. The van der Waals surface area contributed by atoms with Crippen molar-refractivity contribution in [2.75, 3.05) is 47.4 Å². The number of aliphatic imine (C=N–C) groups is 1. The van der Waals surface area contributed by atoms with Gasteiger partial charge in [0.15, 0.2) is 5.96 Å². The summed E-state index contributed by atoms with van der Waals surface area (Å²) in [4.78, 5) is 6.91. The van der Waals surface area contributed by atoms with Crippen molar-refractivity contribution in [3.05, 3.63) is 23.8 Å². The summed E-state index contributed by atoms with van der Waals surface area (Å²) in [5.74, 6) is 3.33. The molecular formula is C21H37IN4O2. The molecule has 1 fully saturated rings. The maximum absolute atomic E-state index is 5.45. The molecule has 0 unspecified atom stereocenters. The fraction of sp³-hybridized carbons (Fsp3) is 0.667. The van der Waals surface area contributed by atoms with Crippen molar-refractivity contribution in [1.29, 1.82) is 0 Å². The molecule has 0 aromatic heterocycles. The van der Waals surface area contributed by atoms with Gasteiger partial charge >= 0.3 is 0 Å². The quantitative estimate of drug-likeness (QED) is 0.234. The van der Waals surface area contributed by atoms with Crippen molar-refractivity contribution >= 4 is 29.9 Å². The minimum atomic E-state index is 0. The van der Waals surface area contributed by atoms with Gasteiger partial charge in [-0.1, -0.05) is 6.92 Å². The molecule has 160 valence electrons. The van der Waals surface area contributed by atoms with E-state index in [0.717, 1.165) is 41.9 Å². The summed E-state index contributed by atoms with van der Waals surface area (Å²) in [5.41, 5.74) is 1.07. The zero-order chi connectivity index (χ0) is 19.5. The number of guanidine groups is 1. The predicted octanol–water partition coefficient (Wildman–Crippen LogP) is 3.50. The van der Waals surface area contributed by atoms with Gasteiger partial charge in [0.1, 0.15) is 11.5 Å². The summed E-state index contributed by atoms with van der Waals surface area (Å²) in [5, 5.41) is 6.75. The second kappa shape index (κ2) is 13.9. The molecule has 0 spiro atoms. The molecule has 2 rings (SSSR count). The highest BCUT2D eigenvalue weighted by Gasteiger charge is 2.14. The number of piperidine rings is 1. The molecule has 1 aromatic rings. The summed E-state index contributed by atoms with van der Waals surface area (Å²) >= 11 is 0. The van der Waals surface area contributed by atoms with Crippen LogP contribution in [-0.2, 0) is 6.54 Å². The van der Waals surface area contributed by atoms with E-state index in [4.69, 9.17) is 9.47 Å². The van der Waals surface area contributed by atoms with E-state index in [0.29, 0.717) is 6.54 Å². The Labute approximate surface area is 187 Å². The molecule has 6 nitrogen and oxygen atoms in total. The van der Waals surface area contributed by atoms with Crippen molar-refractivity contribution in [3.8, 4) is 11.5 Å². The summed E-state index contributed by atoms with van der Waals surface area (Å²) < 4.78 is 10.7. The highest BCUT2D eigenvalue weighted by Crippen LogP contribution is 2.24. The van der Waals surface area contributed by atoms with Gasteiger partial charge in [-0.15, -0.1) is 24.0 Å². The first-order valence-corrected chi connectivity index (χ1v) is 10.0. The lowest BCUT2D eigenvalue weighted by molar-refractivity contribution is 0.189. The van der Waals surface area contributed by atoms with E-state index >= 15 is 0 Å². The zero-order valence-electron chi connectivity index (χ0n) is 17.8. The van der Waals surface area contributed by atoms with Crippen LogP contribution < -0.4 is 20.1 Å². The van der Waals surface area contributed by atoms with Crippen LogP contribution in [0.3, 0.4) is 0 Å². The Kier molecular flexibility index (Phi) is 12.3. The Hall–Kier alpha value is -1.22. The number of hydrogen-bond donors (Lipinski definition) is 2. The van der Waals surface area contributed by atoms with Crippen LogP contribution in [0, 0.1) is 5.92 Å². The molecule has 0 amide bonds. The lowest BCUT2D eigenvalue weighted by Crippen LogP contribution is -2.38. The van der Waals surface area contributed by atoms with Gasteiger partial charge in [-0.25, -0.2) is 0 Å². The average molecular weight is 504 g/mol. The number of nitrogens with one attached hydrogen (secondary N) is 2. The van der Waals surface area contributed by atoms with Crippen LogP contribution in [-0.4, -0.2) is 58.3 Å². The number of rotatable bonds is 9. The fourth-order valence-corrected chi connectivity index (χ4v) is 3.35. The average Bonchev–Trinajstić information content (AvgIpc) is 2.71. The number of hydrogen-bond acceptors (Lipinski definition) is 4. The summed E-state index contributed by atoms with van der Waals surface area (Å²) in [6, 6.07) is 5.85. The second-order valence-corrected chi connectivity index (χ2v) is 7.26. The van der Waals surface area contributed by atoms with E-state index < -0.39 is 0 Å². The van der Waals surface area contributed by atoms with E-state index in [1.807, 2.05) is 18.2 Å². The third-order valence-electron chi connectivity index (χ3n) is 5.23. The summed E-state index contributed by atoms with van der Waals surface area (Å²) in [7, 11) is 5.13. The minimum Gasteiger partial charge on any atom is -0.497 e. The Morgan fingerprint density at radius 1 is 1.14 bits per heavy atom. The van der Waals surface area contributed by atoms with Crippen LogP contribution in [0.25, 0.3) is 0 Å². The van der Waals surface area contributed by atoms with Crippen LogP contribution in [0.5, 0.6) is 11.5 Å². The number of methoxy groups -OCH3 is 2. The van der Waals surface area contributed by atoms with Crippen molar-refractivity contribution in [3.63, 3.8) is 0 Å². The van der Waals surface area contributed by atoms with E-state index in [1.54, 1.807) is 21.3 Å². The van der Waals surface area contributed by atoms with Crippen LogP contribution in [0.1, 0.15) is 38.2 Å². The SMILES string of the molecule is CN=C(NCCCCN1CCC(C)CC1)NCc1ccc(OC)cc1OC.I. The lowest BCUT2D eigenvalue weighted by Gasteiger charge is -2.30. The van der Waals surface area contributed by atoms with Gasteiger partial charge in [0.05, 0.1) is 14.2 Å². The largest absolute Gasteiger partial charge is 0.497 e. The Bertz CT molecular complexity index is 590. The molecule has 1 aliphatic rings. The van der Waals surface area contributed by atoms with Gasteiger partial charge in [-0.05, 0) is 63.4 Å². The highest BCUT2D eigenvalue weighted by atomic mass is 127. The Morgan fingerprint density at radius 2 is 1.89 bits per heavy atom. The molecule has 28 heavy (non-hydrogen) atoms. The molecule has 1 heterocycles. The molecule has 1 aliphatic heterocycles. The number of likely N-dealkylation sites (tertiary alicyclic amines) is 1. The number of halogens is 1. The van der Waals surface area contributed by atoms with Crippen LogP contribution in [0.15, 0.2) is 23.2 Å². The van der Waals surface area contributed by atoms with Gasteiger partial charge in [-0.2, -0.15) is 0 Å². The van der Waals surface area contributed by atoms with Crippen molar-refractivity contribution < 1.29 is 9.47 Å². The monoisotopic (exact) mass is 504 g/mol. The van der Waals surface area contributed by atoms with E-state index in [1.165, 1.54) is 38.9 Å². The Morgan fingerprint density at radius 3 is 2.54 bits per heavy atom. The van der Waals surface area contributed by atoms with Crippen molar-refractivity contribution in [1.82, 2.24) is 15.5 Å². The van der Waals surface area contributed by atoms with Crippen LogP contribution in [0.4, 0.5) is 0 Å². The number of nitrogens with zero attached hydrogens (tertiary/aromatic N) is 2. The summed E-state index contributed by atoms with van der Waals surface area (Å²) in [6.07, 6.45) is 5.08. The first-order chi connectivity index (χ1) is 13.2. The third-order valence-corrected chi connectivity index (χ3v) is 5.23. The van der Waals surface area contributed by atoms with Gasteiger partial charge < -0.3 is 25.0 Å². The normalized spacial score (nSPS) is 15.6. The van der Waals surface area contributed by atoms with Crippen molar-refractivity contribution in [2.24, 2.45) is 10.9 Å². The standard InChI is InChI=1S/C21H36N4O2.HI/c1-17-9-13-25(14-10-17)12-6-5-11-23-21(22-2)24-16-18-7-8-19(26-3)15-20(18)27-4;/h7-8,15,17H,5-6,9-14,16H2,1-4H3,(H2,22,23,24);1H. The van der Waals surface area contributed by atoms with E-state index in [-0.39, 0.29) is 24.0 Å². The number of benzene rings is 1. The van der Waals surface area contributed by atoms with Gasteiger partial charge in [0, 0.05) is 31.8 Å². The molecular weight excluding hydrogens is 467 g/mol. The first-order valence-electron chi connectivity index (χ1n) is 10.0. The minimum absolute atomic E-state index is 0. The molecule has 2 N–H and O–H groups in total. The maximum atomic E-state index is 5.45. The molecule has 0 aliphatic carbocycles. The van der Waals surface area contributed by atoms with Gasteiger partial charge in [-0.3, -0.25) is 4.99 Å². The molecule has 1 saturated heterocycles. The number of unbranched alkanes of at least 4 members (excludes halogenated alkanes) is 1. The lowest BCUT2D eigenvalue weighted by atomic mass is 9.99.